The van der Waals surface area contributed by atoms with Crippen molar-refractivity contribution in [3.05, 3.63) is 66.2 Å². The predicted octanol–water partition coefficient (Wildman–Crippen LogP) is 4.07. The zero-order chi connectivity index (χ0) is 16.2. The van der Waals surface area contributed by atoms with Crippen LogP contribution in [0.3, 0.4) is 0 Å². The van der Waals surface area contributed by atoms with Crippen LogP contribution >= 0.6 is 0 Å². The number of carbonyl (C=O) groups is 1. The topological polar surface area (TPSA) is 64.3 Å². The maximum Gasteiger partial charge on any atom is 0.256 e. The first-order valence-electron chi connectivity index (χ1n) is 7.50. The van der Waals surface area contributed by atoms with Gasteiger partial charge < -0.3 is 15.8 Å². The number of anilines is 2. The normalized spacial score (nSPS) is 10.5. The van der Waals surface area contributed by atoms with Gasteiger partial charge in [0.25, 0.3) is 5.91 Å². The zero-order valence-corrected chi connectivity index (χ0v) is 12.9. The lowest BCUT2D eigenvalue weighted by Gasteiger charge is -2.11. The van der Waals surface area contributed by atoms with E-state index < -0.39 is 0 Å². The van der Waals surface area contributed by atoms with Gasteiger partial charge in [0.05, 0.1) is 18.0 Å². The molecule has 23 heavy (non-hydrogen) atoms. The second-order valence-electron chi connectivity index (χ2n) is 5.16. The first-order valence-corrected chi connectivity index (χ1v) is 7.50. The Hall–Kier alpha value is -3.01. The Balaban J connectivity index is 1.89. The lowest BCUT2D eigenvalue weighted by Crippen LogP contribution is -2.13. The van der Waals surface area contributed by atoms with Crippen LogP contribution in [0.25, 0.3) is 10.8 Å². The minimum absolute atomic E-state index is 0.183. The van der Waals surface area contributed by atoms with Crippen molar-refractivity contribution in [3.63, 3.8) is 0 Å². The largest absolute Gasteiger partial charge is 0.494 e. The molecule has 3 aromatic carbocycles. The van der Waals surface area contributed by atoms with Gasteiger partial charge in [0.15, 0.2) is 0 Å². The van der Waals surface area contributed by atoms with E-state index in [1.54, 1.807) is 18.2 Å². The molecule has 0 radical (unpaired) electrons. The van der Waals surface area contributed by atoms with Crippen molar-refractivity contribution in [2.75, 3.05) is 17.7 Å². The molecule has 4 nitrogen and oxygen atoms in total. The van der Waals surface area contributed by atoms with Gasteiger partial charge in [-0.2, -0.15) is 0 Å². The highest BCUT2D eigenvalue weighted by atomic mass is 16.5. The van der Waals surface area contributed by atoms with Gasteiger partial charge in [-0.3, -0.25) is 4.79 Å². The van der Waals surface area contributed by atoms with Crippen molar-refractivity contribution in [3.8, 4) is 5.75 Å². The number of hydrogen-bond donors (Lipinski definition) is 2. The molecule has 4 heteroatoms. The Labute approximate surface area is 134 Å². The van der Waals surface area contributed by atoms with E-state index >= 15 is 0 Å². The van der Waals surface area contributed by atoms with Crippen LogP contribution in [0.5, 0.6) is 5.75 Å². The number of nitrogen functional groups attached to an aromatic ring is 1. The zero-order valence-electron chi connectivity index (χ0n) is 12.9. The summed E-state index contributed by atoms with van der Waals surface area (Å²) in [5, 5.41) is 4.81. The van der Waals surface area contributed by atoms with Crippen molar-refractivity contribution in [1.82, 2.24) is 0 Å². The fraction of sp³-hybridized carbons (Fsp3) is 0.105. The molecule has 3 aromatic rings. The molecule has 3 N–H and O–H groups in total. The molecule has 0 aliphatic rings. The molecule has 0 atom stereocenters. The van der Waals surface area contributed by atoms with E-state index in [1.807, 2.05) is 49.4 Å². The quantitative estimate of drug-likeness (QED) is 0.714. The van der Waals surface area contributed by atoms with Gasteiger partial charge >= 0.3 is 0 Å². The number of nitrogens with one attached hydrogen (secondary N) is 1. The van der Waals surface area contributed by atoms with Crippen LogP contribution in [0.4, 0.5) is 11.4 Å². The number of fused-ring (bicyclic) bond motifs is 1. The molecular formula is C19H18N2O2. The molecule has 0 bridgehead atoms. The molecule has 3 rings (SSSR count). The number of rotatable bonds is 4. The summed E-state index contributed by atoms with van der Waals surface area (Å²) < 4.78 is 5.40. The fourth-order valence-electron chi connectivity index (χ4n) is 2.52. The third-order valence-electron chi connectivity index (χ3n) is 3.62. The maximum atomic E-state index is 12.6. The van der Waals surface area contributed by atoms with Gasteiger partial charge in [0, 0.05) is 11.6 Å². The Kier molecular flexibility index (Phi) is 4.15. The summed E-state index contributed by atoms with van der Waals surface area (Å²) in [6.45, 7) is 2.48. The van der Waals surface area contributed by atoms with E-state index in [4.69, 9.17) is 10.5 Å². The van der Waals surface area contributed by atoms with E-state index in [0.29, 0.717) is 29.3 Å². The van der Waals surface area contributed by atoms with E-state index in [9.17, 15) is 4.79 Å². The predicted molar refractivity (Wildman–Crippen MR) is 93.9 cm³/mol. The molecule has 0 aromatic heterocycles. The molecule has 0 spiro atoms. The molecule has 0 aliphatic heterocycles. The van der Waals surface area contributed by atoms with Crippen LogP contribution in [-0.4, -0.2) is 12.5 Å². The van der Waals surface area contributed by atoms with Crippen LogP contribution in [0.1, 0.15) is 17.3 Å². The maximum absolute atomic E-state index is 12.6. The third kappa shape index (κ3) is 3.11. The Morgan fingerprint density at radius 3 is 2.65 bits per heavy atom. The van der Waals surface area contributed by atoms with Crippen LogP contribution in [-0.2, 0) is 0 Å². The van der Waals surface area contributed by atoms with Crippen LogP contribution in [0.2, 0.25) is 0 Å². The summed E-state index contributed by atoms with van der Waals surface area (Å²) in [4.78, 5) is 12.6. The van der Waals surface area contributed by atoms with Crippen molar-refractivity contribution < 1.29 is 9.53 Å². The van der Waals surface area contributed by atoms with Crippen molar-refractivity contribution in [2.24, 2.45) is 0 Å². The first-order chi connectivity index (χ1) is 11.2. The molecule has 0 saturated carbocycles. The van der Waals surface area contributed by atoms with Gasteiger partial charge in [-0.15, -0.1) is 0 Å². The highest BCUT2D eigenvalue weighted by Gasteiger charge is 2.11. The van der Waals surface area contributed by atoms with Crippen molar-refractivity contribution >= 4 is 28.1 Å². The molecule has 0 fully saturated rings. The first kappa shape index (κ1) is 14.9. The molecular weight excluding hydrogens is 288 g/mol. The van der Waals surface area contributed by atoms with Gasteiger partial charge in [0.2, 0.25) is 0 Å². The molecule has 0 saturated heterocycles. The number of amides is 1. The number of ether oxygens (including phenoxy) is 1. The number of nitrogens with two attached hydrogens (primary N) is 1. The van der Waals surface area contributed by atoms with Gasteiger partial charge in [0.1, 0.15) is 5.75 Å². The minimum atomic E-state index is -0.183. The molecule has 0 aliphatic carbocycles. The summed E-state index contributed by atoms with van der Waals surface area (Å²) in [7, 11) is 0. The number of benzene rings is 3. The Bertz CT molecular complexity index is 854. The summed E-state index contributed by atoms with van der Waals surface area (Å²) in [6, 6.07) is 18.7. The Morgan fingerprint density at radius 1 is 1.09 bits per heavy atom. The fourth-order valence-corrected chi connectivity index (χ4v) is 2.52. The van der Waals surface area contributed by atoms with E-state index in [1.165, 1.54) is 0 Å². The van der Waals surface area contributed by atoms with E-state index in [2.05, 4.69) is 5.32 Å². The molecule has 0 unspecified atom stereocenters. The Morgan fingerprint density at radius 2 is 1.87 bits per heavy atom. The van der Waals surface area contributed by atoms with Crippen molar-refractivity contribution in [2.45, 2.75) is 6.92 Å². The average Bonchev–Trinajstić information content (AvgIpc) is 2.57. The lowest BCUT2D eigenvalue weighted by molar-refractivity contribution is 0.102. The SMILES string of the molecule is CCOc1ccc(NC(=O)c2cccc3ccccc23)c(N)c1. The third-order valence-corrected chi connectivity index (χ3v) is 3.62. The van der Waals surface area contributed by atoms with E-state index in [0.717, 1.165) is 10.8 Å². The van der Waals surface area contributed by atoms with Gasteiger partial charge in [-0.1, -0.05) is 36.4 Å². The van der Waals surface area contributed by atoms with Crippen LogP contribution in [0.15, 0.2) is 60.7 Å². The summed E-state index contributed by atoms with van der Waals surface area (Å²) in [5.74, 6) is 0.505. The number of carbonyl (C=O) groups excluding carboxylic acids is 1. The standard InChI is InChI=1S/C19H18N2O2/c1-2-23-14-10-11-18(17(20)12-14)21-19(22)16-9-5-7-13-6-3-4-8-15(13)16/h3-12H,2,20H2,1H3,(H,21,22). The second kappa shape index (κ2) is 6.40. The summed E-state index contributed by atoms with van der Waals surface area (Å²) in [5.41, 5.74) is 7.67. The summed E-state index contributed by atoms with van der Waals surface area (Å²) in [6.07, 6.45) is 0. The summed E-state index contributed by atoms with van der Waals surface area (Å²) >= 11 is 0. The van der Waals surface area contributed by atoms with Gasteiger partial charge in [-0.25, -0.2) is 0 Å². The second-order valence-corrected chi connectivity index (χ2v) is 5.16. The van der Waals surface area contributed by atoms with Gasteiger partial charge in [-0.05, 0) is 35.9 Å². The van der Waals surface area contributed by atoms with Crippen molar-refractivity contribution in [1.29, 1.82) is 0 Å². The molecule has 116 valence electrons. The smallest absolute Gasteiger partial charge is 0.256 e. The van der Waals surface area contributed by atoms with Crippen LogP contribution < -0.4 is 15.8 Å². The number of hydrogen-bond acceptors (Lipinski definition) is 3. The highest BCUT2D eigenvalue weighted by Crippen LogP contribution is 2.26. The molecule has 1 amide bonds. The minimum Gasteiger partial charge on any atom is -0.494 e. The van der Waals surface area contributed by atoms with E-state index in [-0.39, 0.29) is 5.91 Å². The highest BCUT2D eigenvalue weighted by molar-refractivity contribution is 6.13. The lowest BCUT2D eigenvalue weighted by atomic mass is 10.0. The molecule has 0 heterocycles. The monoisotopic (exact) mass is 306 g/mol. The average molecular weight is 306 g/mol. The van der Waals surface area contributed by atoms with Crippen LogP contribution in [0, 0.1) is 0 Å².